The number of aliphatic hydroxyl groups is 1. The molecule has 0 aromatic heterocycles. The zero-order valence-electron chi connectivity index (χ0n) is 13.5. The van der Waals surface area contributed by atoms with Gasteiger partial charge in [0.25, 0.3) is 0 Å². The zero-order chi connectivity index (χ0) is 17.3. The van der Waals surface area contributed by atoms with Crippen LogP contribution in [-0.4, -0.2) is 52.9 Å². The first kappa shape index (κ1) is 19.0. The minimum Gasteiger partial charge on any atom is -0.444 e. The monoisotopic (exact) mass is 327 g/mol. The van der Waals surface area contributed by atoms with E-state index in [9.17, 15) is 18.0 Å². The van der Waals surface area contributed by atoms with Crippen LogP contribution < -0.4 is 0 Å². The molecule has 0 aliphatic carbocycles. The van der Waals surface area contributed by atoms with Crippen molar-refractivity contribution in [1.82, 2.24) is 4.90 Å². The number of ether oxygens (including phenoxy) is 2. The summed E-state index contributed by atoms with van der Waals surface area (Å²) >= 11 is 0. The molecule has 2 atom stereocenters. The number of rotatable bonds is 3. The molecule has 1 saturated heterocycles. The predicted octanol–water partition coefficient (Wildman–Crippen LogP) is 2.92. The van der Waals surface area contributed by atoms with Gasteiger partial charge in [0, 0.05) is 0 Å². The molecule has 1 heterocycles. The molecule has 0 aromatic rings. The number of nitrogens with zero attached hydrogens (tertiary/aromatic N) is 1. The first-order chi connectivity index (χ1) is 9.78. The average Bonchev–Trinajstić information content (AvgIpc) is 2.57. The van der Waals surface area contributed by atoms with Crippen molar-refractivity contribution >= 4 is 6.09 Å². The van der Waals surface area contributed by atoms with Crippen LogP contribution in [0, 0.1) is 5.92 Å². The summed E-state index contributed by atoms with van der Waals surface area (Å²) in [4.78, 5) is 13.5. The minimum atomic E-state index is -4.53. The third-order valence-corrected chi connectivity index (χ3v) is 3.40. The molecule has 1 amide bonds. The molecule has 8 heteroatoms. The van der Waals surface area contributed by atoms with Gasteiger partial charge in [-0.3, -0.25) is 4.90 Å². The third-order valence-electron chi connectivity index (χ3n) is 3.40. The Labute approximate surface area is 128 Å². The van der Waals surface area contributed by atoms with Crippen LogP contribution in [-0.2, 0) is 9.47 Å². The molecule has 0 spiro atoms. The molecule has 130 valence electrons. The predicted molar refractivity (Wildman–Crippen MR) is 73.1 cm³/mol. The van der Waals surface area contributed by atoms with E-state index in [1.54, 1.807) is 34.6 Å². The largest absolute Gasteiger partial charge is 0.444 e. The van der Waals surface area contributed by atoms with E-state index < -0.39 is 48.6 Å². The van der Waals surface area contributed by atoms with Gasteiger partial charge in [-0.1, -0.05) is 0 Å². The lowest BCUT2D eigenvalue weighted by Crippen LogP contribution is -2.51. The van der Waals surface area contributed by atoms with E-state index in [2.05, 4.69) is 0 Å². The summed E-state index contributed by atoms with van der Waals surface area (Å²) in [6, 6.07) is -0.802. The lowest BCUT2D eigenvalue weighted by atomic mass is 9.99. The number of carbonyl (C=O) groups is 1. The number of amides is 1. The van der Waals surface area contributed by atoms with Crippen molar-refractivity contribution in [2.45, 2.75) is 64.6 Å². The Morgan fingerprint density at radius 2 is 1.95 bits per heavy atom. The fraction of sp³-hybridized carbons (Fsp3) is 0.929. The van der Waals surface area contributed by atoms with E-state index in [1.165, 1.54) is 4.90 Å². The Bertz CT molecular complexity index is 404. The number of hydrogen-bond donors (Lipinski definition) is 1. The van der Waals surface area contributed by atoms with Gasteiger partial charge in [0.05, 0.1) is 25.2 Å². The summed E-state index contributed by atoms with van der Waals surface area (Å²) < 4.78 is 49.2. The van der Waals surface area contributed by atoms with Crippen molar-refractivity contribution in [1.29, 1.82) is 0 Å². The summed E-state index contributed by atoms with van der Waals surface area (Å²) in [6.45, 7) is 7.17. The highest BCUT2D eigenvalue weighted by Gasteiger charge is 2.49. The number of alkyl halides is 3. The first-order valence-corrected chi connectivity index (χ1v) is 7.12. The van der Waals surface area contributed by atoms with Crippen LogP contribution in [0.25, 0.3) is 0 Å². The topological polar surface area (TPSA) is 59.0 Å². The Morgan fingerprint density at radius 1 is 1.41 bits per heavy atom. The molecule has 0 saturated carbocycles. The Kier molecular flexibility index (Phi) is 5.39. The van der Waals surface area contributed by atoms with Crippen LogP contribution in [0.15, 0.2) is 0 Å². The normalized spacial score (nSPS) is 23.5. The molecule has 1 rings (SSSR count). The summed E-state index contributed by atoms with van der Waals surface area (Å²) in [5, 5.41) is 8.97. The fourth-order valence-corrected chi connectivity index (χ4v) is 2.38. The second-order valence-electron chi connectivity index (χ2n) is 6.92. The summed E-state index contributed by atoms with van der Waals surface area (Å²) in [5.74, 6) is -1.90. The van der Waals surface area contributed by atoms with Crippen LogP contribution in [0.1, 0.15) is 41.0 Å². The van der Waals surface area contributed by atoms with Gasteiger partial charge in [0.1, 0.15) is 11.3 Å². The third kappa shape index (κ3) is 4.74. The lowest BCUT2D eigenvalue weighted by molar-refractivity contribution is -0.188. The van der Waals surface area contributed by atoms with Gasteiger partial charge in [0.2, 0.25) is 0 Å². The number of halogens is 3. The van der Waals surface area contributed by atoms with E-state index in [1.807, 2.05) is 0 Å². The molecule has 0 radical (unpaired) electrons. The Hall–Kier alpha value is -1.02. The fourth-order valence-electron chi connectivity index (χ4n) is 2.38. The van der Waals surface area contributed by atoms with E-state index in [0.29, 0.717) is 0 Å². The first-order valence-electron chi connectivity index (χ1n) is 7.12. The van der Waals surface area contributed by atoms with Crippen LogP contribution in [0.3, 0.4) is 0 Å². The molecule has 1 aliphatic heterocycles. The molecule has 1 aliphatic rings. The number of aliphatic hydroxyl groups excluding tert-OH is 1. The second kappa shape index (κ2) is 6.23. The molecule has 1 N–H and O–H groups in total. The summed E-state index contributed by atoms with van der Waals surface area (Å²) in [7, 11) is 0. The van der Waals surface area contributed by atoms with Crippen LogP contribution in [0.5, 0.6) is 0 Å². The van der Waals surface area contributed by atoms with Crippen LogP contribution in [0.4, 0.5) is 18.0 Å². The van der Waals surface area contributed by atoms with Gasteiger partial charge in [-0.15, -0.1) is 0 Å². The smallest absolute Gasteiger partial charge is 0.412 e. The standard InChI is InChI=1S/C14H24F3NO4/c1-12(2,3)22-11(20)18-10(8-21-13(18,4)5)6-9(7-19)14(15,16)17/h9-10,19H,6-8H2,1-5H3/t9-,10+/m0/s1. The molecule has 1 fully saturated rings. The van der Waals surface area contributed by atoms with Crippen molar-refractivity contribution in [3.05, 3.63) is 0 Å². The van der Waals surface area contributed by atoms with Gasteiger partial charge in [-0.25, -0.2) is 4.79 Å². The summed E-state index contributed by atoms with van der Waals surface area (Å²) in [6.07, 6.45) is -5.68. The molecule has 0 bridgehead atoms. The van der Waals surface area contributed by atoms with Crippen molar-refractivity contribution < 1.29 is 32.5 Å². The Balaban J connectivity index is 2.92. The highest BCUT2D eigenvalue weighted by molar-refractivity contribution is 5.69. The van der Waals surface area contributed by atoms with E-state index in [-0.39, 0.29) is 6.61 Å². The van der Waals surface area contributed by atoms with Crippen molar-refractivity contribution in [2.24, 2.45) is 5.92 Å². The molecule has 0 aromatic carbocycles. The van der Waals surface area contributed by atoms with E-state index >= 15 is 0 Å². The molecular weight excluding hydrogens is 303 g/mol. The van der Waals surface area contributed by atoms with Crippen molar-refractivity contribution in [3.63, 3.8) is 0 Å². The van der Waals surface area contributed by atoms with Gasteiger partial charge >= 0.3 is 12.3 Å². The maximum Gasteiger partial charge on any atom is 0.412 e. The highest BCUT2D eigenvalue weighted by Crippen LogP contribution is 2.36. The van der Waals surface area contributed by atoms with Gasteiger partial charge in [-0.05, 0) is 41.0 Å². The van der Waals surface area contributed by atoms with Crippen molar-refractivity contribution in [2.75, 3.05) is 13.2 Å². The van der Waals surface area contributed by atoms with Gasteiger partial charge in [-0.2, -0.15) is 13.2 Å². The summed E-state index contributed by atoms with van der Waals surface area (Å²) in [5.41, 5.74) is -1.82. The van der Waals surface area contributed by atoms with Crippen LogP contribution in [0.2, 0.25) is 0 Å². The highest BCUT2D eigenvalue weighted by atomic mass is 19.4. The molecule has 22 heavy (non-hydrogen) atoms. The zero-order valence-corrected chi connectivity index (χ0v) is 13.5. The number of carbonyl (C=O) groups excluding carboxylic acids is 1. The quantitative estimate of drug-likeness (QED) is 0.866. The maximum atomic E-state index is 12.8. The van der Waals surface area contributed by atoms with Gasteiger partial charge in [0.15, 0.2) is 0 Å². The van der Waals surface area contributed by atoms with E-state index in [0.717, 1.165) is 0 Å². The SMILES string of the molecule is CC(C)(C)OC(=O)N1[C@H](C[C@@H](CO)C(F)(F)F)COC1(C)C. The molecular formula is C14H24F3NO4. The Morgan fingerprint density at radius 3 is 2.36 bits per heavy atom. The number of hydrogen-bond acceptors (Lipinski definition) is 4. The second-order valence-corrected chi connectivity index (χ2v) is 6.92. The van der Waals surface area contributed by atoms with Gasteiger partial charge < -0.3 is 14.6 Å². The van der Waals surface area contributed by atoms with Crippen molar-refractivity contribution in [3.8, 4) is 0 Å². The van der Waals surface area contributed by atoms with Crippen LogP contribution >= 0.6 is 0 Å². The molecule has 5 nitrogen and oxygen atoms in total. The lowest BCUT2D eigenvalue weighted by Gasteiger charge is -2.36. The maximum absolute atomic E-state index is 12.8. The molecule has 0 unspecified atom stereocenters. The average molecular weight is 327 g/mol. The minimum absolute atomic E-state index is 0.0289. The van der Waals surface area contributed by atoms with E-state index in [4.69, 9.17) is 14.6 Å².